The summed E-state index contributed by atoms with van der Waals surface area (Å²) in [4.78, 5) is 0. The van der Waals surface area contributed by atoms with E-state index >= 15 is 0 Å². The highest BCUT2D eigenvalue weighted by molar-refractivity contribution is 7.41. The van der Waals surface area contributed by atoms with Gasteiger partial charge in [0.25, 0.3) is 0 Å². The molecule has 1 N–H and O–H groups in total. The van der Waals surface area contributed by atoms with Crippen LogP contribution in [0.25, 0.3) is 0 Å². The molecule has 0 radical (unpaired) electrons. The van der Waals surface area contributed by atoms with E-state index in [9.17, 15) is 0 Å². The molecule has 4 nitrogen and oxygen atoms in total. The molecule has 5 heteroatoms. The largest absolute Gasteiger partial charge is 0.394 e. The average Bonchev–Trinajstić information content (AvgIpc) is 2.41. The Hall–Kier alpha value is -0.510. The minimum atomic E-state index is -1.39. The van der Waals surface area contributed by atoms with E-state index in [-0.39, 0.29) is 18.6 Å². The monoisotopic (exact) mass is 300 g/mol. The first-order valence-corrected chi connectivity index (χ1v) is 7.94. The lowest BCUT2D eigenvalue weighted by molar-refractivity contribution is 0.109. The van der Waals surface area contributed by atoms with Gasteiger partial charge in [-0.05, 0) is 17.4 Å². The summed E-state index contributed by atoms with van der Waals surface area (Å²) >= 11 is 0. The highest BCUT2D eigenvalue weighted by Gasteiger charge is 2.18. The average molecular weight is 300 g/mol. The molecule has 0 amide bonds. The molecule has 0 fully saturated rings. The van der Waals surface area contributed by atoms with E-state index in [2.05, 4.69) is 32.9 Å². The first-order valence-electron chi connectivity index (χ1n) is 6.85. The van der Waals surface area contributed by atoms with Gasteiger partial charge in [0.1, 0.15) is 0 Å². The molecule has 0 bridgehead atoms. The molecule has 0 aromatic heterocycles. The van der Waals surface area contributed by atoms with Crippen LogP contribution >= 0.6 is 8.60 Å². The molecule has 0 aliphatic carbocycles. The maximum Gasteiger partial charge on any atom is 0.332 e. The van der Waals surface area contributed by atoms with E-state index in [1.54, 1.807) is 0 Å². The van der Waals surface area contributed by atoms with Gasteiger partial charge in [-0.15, -0.1) is 0 Å². The second-order valence-electron chi connectivity index (χ2n) is 5.68. The number of aliphatic hydroxyl groups excluding tert-OH is 1. The van der Waals surface area contributed by atoms with Crippen LogP contribution in [-0.2, 0) is 20.0 Å². The predicted molar refractivity (Wildman–Crippen MR) is 81.5 cm³/mol. The fourth-order valence-corrected chi connectivity index (χ4v) is 2.54. The minimum absolute atomic E-state index is 0.0280. The predicted octanol–water partition coefficient (Wildman–Crippen LogP) is 3.54. The third-order valence-electron chi connectivity index (χ3n) is 2.32. The van der Waals surface area contributed by atoms with Crippen molar-refractivity contribution in [3.05, 3.63) is 35.9 Å². The van der Waals surface area contributed by atoms with Gasteiger partial charge in [-0.25, -0.2) is 0 Å². The van der Waals surface area contributed by atoms with Crippen molar-refractivity contribution >= 4 is 8.60 Å². The second kappa shape index (κ2) is 9.43. The van der Waals surface area contributed by atoms with Crippen molar-refractivity contribution < 1.29 is 18.7 Å². The molecule has 114 valence electrons. The summed E-state index contributed by atoms with van der Waals surface area (Å²) in [6, 6.07) is 10.1. The van der Waals surface area contributed by atoms with Crippen LogP contribution in [0.2, 0.25) is 0 Å². The zero-order chi connectivity index (χ0) is 14.8. The number of hydrogen-bond donors (Lipinski definition) is 1. The van der Waals surface area contributed by atoms with Crippen LogP contribution in [0.1, 0.15) is 26.3 Å². The van der Waals surface area contributed by atoms with Gasteiger partial charge in [0.2, 0.25) is 0 Å². The molecule has 0 aliphatic heterocycles. The Kier molecular flexibility index (Phi) is 8.27. The third-order valence-corrected chi connectivity index (χ3v) is 3.45. The first-order chi connectivity index (χ1) is 9.51. The fraction of sp³-hybridized carbons (Fsp3) is 0.600. The van der Waals surface area contributed by atoms with Crippen molar-refractivity contribution in [2.24, 2.45) is 5.41 Å². The lowest BCUT2D eigenvalue weighted by atomic mass is 9.99. The number of benzene rings is 1. The van der Waals surface area contributed by atoms with Crippen LogP contribution in [0.5, 0.6) is 0 Å². The van der Waals surface area contributed by atoms with Crippen molar-refractivity contribution in [3.63, 3.8) is 0 Å². The zero-order valence-corrected chi connectivity index (χ0v) is 13.4. The van der Waals surface area contributed by atoms with E-state index < -0.39 is 8.60 Å². The van der Waals surface area contributed by atoms with E-state index in [1.807, 2.05) is 18.2 Å². The van der Waals surface area contributed by atoms with E-state index in [4.69, 9.17) is 18.7 Å². The van der Waals surface area contributed by atoms with Gasteiger partial charge in [-0.3, -0.25) is 0 Å². The summed E-state index contributed by atoms with van der Waals surface area (Å²) in [5.74, 6) is 0. The van der Waals surface area contributed by atoms with Crippen LogP contribution in [-0.4, -0.2) is 31.5 Å². The van der Waals surface area contributed by atoms with Crippen molar-refractivity contribution in [2.75, 3.05) is 26.4 Å². The lowest BCUT2D eigenvalue weighted by Gasteiger charge is -2.22. The summed E-state index contributed by atoms with van der Waals surface area (Å²) < 4.78 is 16.7. The molecule has 0 saturated heterocycles. The zero-order valence-electron chi connectivity index (χ0n) is 12.5. The Bertz CT molecular complexity index is 351. The van der Waals surface area contributed by atoms with E-state index in [1.165, 1.54) is 5.56 Å². The Morgan fingerprint density at radius 2 is 1.65 bits per heavy atom. The van der Waals surface area contributed by atoms with Gasteiger partial charge in [-0.2, -0.15) is 0 Å². The Labute approximate surface area is 123 Å². The summed E-state index contributed by atoms with van der Waals surface area (Å²) in [6.45, 7) is 7.60. The summed E-state index contributed by atoms with van der Waals surface area (Å²) in [6.07, 6.45) is 0.820. The molecule has 1 unspecified atom stereocenters. The minimum Gasteiger partial charge on any atom is -0.394 e. The van der Waals surface area contributed by atoms with E-state index in [0.29, 0.717) is 13.2 Å². The van der Waals surface area contributed by atoms with Crippen molar-refractivity contribution in [2.45, 2.75) is 27.2 Å². The van der Waals surface area contributed by atoms with Gasteiger partial charge >= 0.3 is 8.60 Å². The number of hydrogen-bond acceptors (Lipinski definition) is 4. The van der Waals surface area contributed by atoms with Crippen LogP contribution in [0.15, 0.2) is 30.3 Å². The highest BCUT2D eigenvalue weighted by Crippen LogP contribution is 2.41. The molecule has 0 aliphatic rings. The van der Waals surface area contributed by atoms with Crippen molar-refractivity contribution in [3.8, 4) is 0 Å². The first kappa shape index (κ1) is 17.5. The molecule has 1 rings (SSSR count). The quantitative estimate of drug-likeness (QED) is 0.709. The summed E-state index contributed by atoms with van der Waals surface area (Å²) in [7, 11) is -1.39. The van der Waals surface area contributed by atoms with Crippen molar-refractivity contribution in [1.29, 1.82) is 0 Å². The highest BCUT2D eigenvalue weighted by atomic mass is 31.2. The number of aliphatic hydroxyl groups is 1. The maximum atomic E-state index is 8.82. The Morgan fingerprint density at radius 1 is 1.00 bits per heavy atom. The van der Waals surface area contributed by atoms with Gasteiger partial charge in [0.05, 0.1) is 26.4 Å². The van der Waals surface area contributed by atoms with Crippen LogP contribution in [0.3, 0.4) is 0 Å². The molecule has 20 heavy (non-hydrogen) atoms. The normalized spacial score (nSPS) is 13.4. The molecule has 1 atom stereocenters. The Balaban J connectivity index is 2.32. The third kappa shape index (κ3) is 8.62. The molecular weight excluding hydrogens is 275 g/mol. The van der Waals surface area contributed by atoms with Crippen molar-refractivity contribution in [1.82, 2.24) is 0 Å². The summed E-state index contributed by atoms with van der Waals surface area (Å²) in [5.41, 5.74) is 1.28. The topological polar surface area (TPSA) is 47.9 Å². The van der Waals surface area contributed by atoms with Crippen LogP contribution < -0.4 is 0 Å². The molecule has 0 spiro atoms. The second-order valence-corrected chi connectivity index (χ2v) is 6.91. The molecular formula is C15H25O4P. The van der Waals surface area contributed by atoms with Gasteiger partial charge in [0, 0.05) is 0 Å². The molecule has 0 heterocycles. The Morgan fingerprint density at radius 3 is 2.25 bits per heavy atom. The smallest absolute Gasteiger partial charge is 0.332 e. The van der Waals surface area contributed by atoms with Gasteiger partial charge in [-0.1, -0.05) is 51.1 Å². The van der Waals surface area contributed by atoms with Gasteiger partial charge in [0.15, 0.2) is 0 Å². The molecule has 0 saturated carbocycles. The maximum absolute atomic E-state index is 8.82. The van der Waals surface area contributed by atoms with Gasteiger partial charge < -0.3 is 18.7 Å². The standard InChI is InChI=1S/C15H25O4P/c1-15(2,3)13-19-20(18-12-10-16)17-11-9-14-7-5-4-6-8-14/h4-8,16H,9-13H2,1-3H3. The van der Waals surface area contributed by atoms with Crippen LogP contribution in [0.4, 0.5) is 0 Å². The molecule has 1 aromatic carbocycles. The lowest BCUT2D eigenvalue weighted by Crippen LogP contribution is -2.14. The fourth-order valence-electron chi connectivity index (χ4n) is 1.36. The number of rotatable bonds is 9. The van der Waals surface area contributed by atoms with E-state index in [0.717, 1.165) is 6.42 Å². The summed E-state index contributed by atoms with van der Waals surface area (Å²) in [5, 5.41) is 8.82. The molecule has 1 aromatic rings. The SMILES string of the molecule is CC(C)(C)COP(OCCO)OCCc1ccccc1. The van der Waals surface area contributed by atoms with Crippen LogP contribution in [0, 0.1) is 5.41 Å².